The summed E-state index contributed by atoms with van der Waals surface area (Å²) in [6, 6.07) is 66.9. The van der Waals surface area contributed by atoms with Gasteiger partial charge >= 0.3 is 0 Å². The number of rotatable bonds is 4. The van der Waals surface area contributed by atoms with E-state index < -0.39 is 0 Å². The number of hydrogen-bond donors (Lipinski definition) is 0. The van der Waals surface area contributed by atoms with E-state index in [0.29, 0.717) is 0 Å². The molecule has 1 aliphatic rings. The van der Waals surface area contributed by atoms with Crippen molar-refractivity contribution in [3.8, 4) is 44.8 Å². The van der Waals surface area contributed by atoms with E-state index in [1.54, 1.807) is 0 Å². The maximum absolute atomic E-state index is 2.48. The van der Waals surface area contributed by atoms with Gasteiger partial charge in [0.2, 0.25) is 0 Å². The van der Waals surface area contributed by atoms with Crippen LogP contribution in [0.3, 0.4) is 0 Å². The van der Waals surface area contributed by atoms with Crippen LogP contribution >= 0.6 is 0 Å². The predicted octanol–water partition coefficient (Wildman–Crippen LogP) is 12.8. The number of fused-ring (bicyclic) bond motifs is 9. The smallest absolute Gasteiger partial charge is 0.0547 e. The predicted molar refractivity (Wildman–Crippen MR) is 214 cm³/mol. The maximum Gasteiger partial charge on any atom is 0.0547 e. The van der Waals surface area contributed by atoms with Crippen molar-refractivity contribution in [2.24, 2.45) is 0 Å². The SMILES string of the molecule is c1ccc(-n2c3ccccc3c3cc(-c4ccc5c6ccccc6n(-c6ccccc6-c6ccc7c(c6)Cc6ccccc6-7)c5c4)ccc32)cc1. The number of nitrogens with zero attached hydrogens (tertiary/aromatic N) is 2. The zero-order valence-electron chi connectivity index (χ0n) is 27.9. The molecule has 1 aliphatic carbocycles. The fourth-order valence-electron chi connectivity index (χ4n) is 8.64. The Kier molecular flexibility index (Phi) is 6.05. The second-order valence-corrected chi connectivity index (χ2v) is 13.7. The molecule has 0 fully saturated rings. The van der Waals surface area contributed by atoms with Crippen LogP contribution in [0.5, 0.6) is 0 Å². The number of hydrogen-bond acceptors (Lipinski definition) is 0. The molecule has 2 nitrogen and oxygen atoms in total. The number of para-hydroxylation sites is 4. The number of benzene rings is 8. The Morgan fingerprint density at radius 1 is 0.314 bits per heavy atom. The van der Waals surface area contributed by atoms with Crippen molar-refractivity contribution in [1.82, 2.24) is 9.13 Å². The molecule has 8 aromatic carbocycles. The van der Waals surface area contributed by atoms with Gasteiger partial charge in [0.15, 0.2) is 0 Å². The molecule has 0 unspecified atom stereocenters. The van der Waals surface area contributed by atoms with Gasteiger partial charge in [-0.25, -0.2) is 0 Å². The molecule has 10 aromatic rings. The van der Waals surface area contributed by atoms with Crippen molar-refractivity contribution in [2.45, 2.75) is 6.42 Å². The fourth-order valence-corrected chi connectivity index (χ4v) is 8.64. The molecule has 0 aliphatic heterocycles. The molecule has 2 aromatic heterocycles. The summed E-state index contributed by atoms with van der Waals surface area (Å²) in [4.78, 5) is 0. The topological polar surface area (TPSA) is 9.86 Å². The highest BCUT2D eigenvalue weighted by Crippen LogP contribution is 2.42. The lowest BCUT2D eigenvalue weighted by Gasteiger charge is -2.15. The summed E-state index contributed by atoms with van der Waals surface area (Å²) in [5, 5.41) is 5.05. The monoisotopic (exact) mass is 648 g/mol. The van der Waals surface area contributed by atoms with Crippen LogP contribution in [-0.2, 0) is 6.42 Å². The minimum absolute atomic E-state index is 0.981. The highest BCUT2D eigenvalue weighted by Gasteiger charge is 2.21. The van der Waals surface area contributed by atoms with Gasteiger partial charge in [0.1, 0.15) is 0 Å². The van der Waals surface area contributed by atoms with Crippen molar-refractivity contribution < 1.29 is 0 Å². The van der Waals surface area contributed by atoms with E-state index >= 15 is 0 Å². The highest BCUT2D eigenvalue weighted by atomic mass is 15.0. The normalized spacial score (nSPS) is 12.2. The highest BCUT2D eigenvalue weighted by molar-refractivity contribution is 6.12. The van der Waals surface area contributed by atoms with Crippen LogP contribution in [0.25, 0.3) is 88.4 Å². The second kappa shape index (κ2) is 10.9. The average Bonchev–Trinajstić information content (AvgIpc) is 3.85. The van der Waals surface area contributed by atoms with E-state index in [2.05, 4.69) is 191 Å². The van der Waals surface area contributed by atoms with Gasteiger partial charge in [0.05, 0.1) is 27.8 Å². The average molecular weight is 649 g/mol. The molecule has 0 bridgehead atoms. The molecule has 0 spiro atoms. The van der Waals surface area contributed by atoms with Gasteiger partial charge in [-0.05, 0) is 93.9 Å². The molecule has 0 saturated heterocycles. The third-order valence-electron chi connectivity index (χ3n) is 10.9. The number of aromatic nitrogens is 2. The quantitative estimate of drug-likeness (QED) is 0.180. The molecular weight excluding hydrogens is 617 g/mol. The first kappa shape index (κ1) is 28.2. The molecule has 2 heterocycles. The van der Waals surface area contributed by atoms with Gasteiger partial charge in [-0.3, -0.25) is 0 Å². The Morgan fingerprint density at radius 3 is 1.76 bits per heavy atom. The van der Waals surface area contributed by atoms with E-state index in [1.807, 2.05) is 0 Å². The van der Waals surface area contributed by atoms with Crippen molar-refractivity contribution in [3.63, 3.8) is 0 Å². The second-order valence-electron chi connectivity index (χ2n) is 13.7. The molecule has 2 heteroatoms. The summed E-state index contributed by atoms with van der Waals surface area (Å²) in [5.41, 5.74) is 17.7. The third kappa shape index (κ3) is 4.23. The van der Waals surface area contributed by atoms with Gasteiger partial charge in [-0.2, -0.15) is 0 Å². The van der Waals surface area contributed by atoms with E-state index in [-0.39, 0.29) is 0 Å². The van der Waals surface area contributed by atoms with Gasteiger partial charge in [-0.15, -0.1) is 0 Å². The Morgan fingerprint density at radius 2 is 0.902 bits per heavy atom. The van der Waals surface area contributed by atoms with Crippen molar-refractivity contribution >= 4 is 43.6 Å². The Balaban J connectivity index is 1.10. The van der Waals surface area contributed by atoms with Gasteiger partial charge in [-0.1, -0.05) is 133 Å². The van der Waals surface area contributed by atoms with Crippen LogP contribution in [0.1, 0.15) is 11.1 Å². The van der Waals surface area contributed by atoms with E-state index in [1.165, 1.54) is 99.5 Å². The largest absolute Gasteiger partial charge is 0.309 e. The van der Waals surface area contributed by atoms with Gasteiger partial charge < -0.3 is 9.13 Å². The lowest BCUT2D eigenvalue weighted by atomic mass is 9.97. The van der Waals surface area contributed by atoms with E-state index in [0.717, 1.165) is 6.42 Å². The Bertz CT molecular complexity index is 2990. The molecule has 238 valence electrons. The first-order valence-corrected chi connectivity index (χ1v) is 17.7. The van der Waals surface area contributed by atoms with Crippen LogP contribution in [0.2, 0.25) is 0 Å². The van der Waals surface area contributed by atoms with Crippen molar-refractivity contribution in [1.29, 1.82) is 0 Å². The zero-order valence-corrected chi connectivity index (χ0v) is 27.9. The van der Waals surface area contributed by atoms with Crippen molar-refractivity contribution in [2.75, 3.05) is 0 Å². The Labute approximate surface area is 296 Å². The molecule has 0 amide bonds. The molecular formula is C49H32N2. The minimum Gasteiger partial charge on any atom is -0.309 e. The van der Waals surface area contributed by atoms with E-state index in [4.69, 9.17) is 0 Å². The third-order valence-corrected chi connectivity index (χ3v) is 10.9. The maximum atomic E-state index is 2.48. The van der Waals surface area contributed by atoms with Crippen LogP contribution < -0.4 is 0 Å². The van der Waals surface area contributed by atoms with Crippen LogP contribution in [0.15, 0.2) is 182 Å². The molecule has 0 N–H and O–H groups in total. The Hall–Kier alpha value is -6.64. The standard InChI is InChI=1S/C49H32N2/c1-2-13-37(14-3-1)50-46-20-10-8-18-42(46)44-30-32(24-27-48(44)50)33-22-26-43-41-17-7-11-21-47(41)51(49(43)31-33)45-19-9-6-16-40(45)35-23-25-39-36(29-35)28-34-12-4-5-15-38(34)39/h1-27,29-31H,28H2. The molecule has 11 rings (SSSR count). The molecule has 0 saturated carbocycles. The first-order valence-electron chi connectivity index (χ1n) is 17.7. The summed E-state index contributed by atoms with van der Waals surface area (Å²) in [6.45, 7) is 0. The summed E-state index contributed by atoms with van der Waals surface area (Å²) in [5.74, 6) is 0. The van der Waals surface area contributed by atoms with Gasteiger partial charge in [0.25, 0.3) is 0 Å². The summed E-state index contributed by atoms with van der Waals surface area (Å²) in [7, 11) is 0. The fraction of sp³-hybridized carbons (Fsp3) is 0.0204. The van der Waals surface area contributed by atoms with Crippen LogP contribution in [0, 0.1) is 0 Å². The summed E-state index contributed by atoms with van der Waals surface area (Å²) >= 11 is 0. The molecule has 0 atom stereocenters. The lowest BCUT2D eigenvalue weighted by molar-refractivity contribution is 1.18. The van der Waals surface area contributed by atoms with E-state index in [9.17, 15) is 0 Å². The minimum atomic E-state index is 0.981. The first-order chi connectivity index (χ1) is 25.3. The summed E-state index contributed by atoms with van der Waals surface area (Å²) < 4.78 is 4.86. The summed E-state index contributed by atoms with van der Waals surface area (Å²) in [6.07, 6.45) is 0.981. The zero-order chi connectivity index (χ0) is 33.5. The van der Waals surface area contributed by atoms with Crippen LogP contribution in [0.4, 0.5) is 0 Å². The van der Waals surface area contributed by atoms with Crippen molar-refractivity contribution in [3.05, 3.63) is 193 Å². The molecule has 51 heavy (non-hydrogen) atoms. The van der Waals surface area contributed by atoms with Gasteiger partial charge in [0, 0.05) is 32.8 Å². The van der Waals surface area contributed by atoms with Crippen LogP contribution in [-0.4, -0.2) is 9.13 Å². The lowest BCUT2D eigenvalue weighted by Crippen LogP contribution is -1.97. The molecule has 0 radical (unpaired) electrons.